The van der Waals surface area contributed by atoms with Gasteiger partial charge in [-0.25, -0.2) is 4.39 Å². The van der Waals surface area contributed by atoms with Crippen molar-refractivity contribution in [2.75, 3.05) is 6.54 Å². The van der Waals surface area contributed by atoms with Crippen LogP contribution in [-0.4, -0.2) is 23.7 Å². The molecule has 3 nitrogen and oxygen atoms in total. The molecule has 1 unspecified atom stereocenters. The summed E-state index contributed by atoms with van der Waals surface area (Å²) >= 11 is 0. The van der Waals surface area contributed by atoms with E-state index < -0.39 is 0 Å². The molecule has 0 spiro atoms. The Bertz CT molecular complexity index is 390. The van der Waals surface area contributed by atoms with Gasteiger partial charge in [0.15, 0.2) is 0 Å². The number of carbonyl (C=O) groups is 1. The van der Waals surface area contributed by atoms with Crippen LogP contribution in [-0.2, 0) is 11.2 Å². The number of aliphatic hydroxyl groups excluding tert-OH is 1. The van der Waals surface area contributed by atoms with Crippen molar-refractivity contribution in [1.82, 2.24) is 5.32 Å². The number of halogens is 1. The normalized spacial score (nSPS) is 12.5. The molecule has 106 valence electrons. The summed E-state index contributed by atoms with van der Waals surface area (Å²) in [6.45, 7) is 4.38. The van der Waals surface area contributed by atoms with Crippen LogP contribution in [0.3, 0.4) is 0 Å². The summed E-state index contributed by atoms with van der Waals surface area (Å²) in [6, 6.07) is 6.16. The molecule has 1 rings (SSSR count). The Labute approximate surface area is 113 Å². The zero-order valence-electron chi connectivity index (χ0n) is 11.5. The van der Waals surface area contributed by atoms with Crippen LogP contribution in [0.5, 0.6) is 0 Å². The minimum Gasteiger partial charge on any atom is -0.393 e. The maximum Gasteiger partial charge on any atom is 0.220 e. The number of hydrogen-bond acceptors (Lipinski definition) is 2. The molecule has 0 aromatic heterocycles. The lowest BCUT2D eigenvalue weighted by Crippen LogP contribution is -2.28. The third-order valence-corrected chi connectivity index (χ3v) is 3.09. The Balaban J connectivity index is 2.19. The molecule has 0 aliphatic heterocycles. The molecule has 0 aliphatic rings. The van der Waals surface area contributed by atoms with Crippen molar-refractivity contribution in [1.29, 1.82) is 0 Å². The number of amides is 1. The van der Waals surface area contributed by atoms with E-state index in [0.717, 1.165) is 5.56 Å². The average Bonchev–Trinajstić information content (AvgIpc) is 2.37. The predicted octanol–water partition coefficient (Wildman–Crippen LogP) is 2.28. The first-order valence-electron chi connectivity index (χ1n) is 6.68. The molecule has 0 heterocycles. The lowest BCUT2D eigenvalue weighted by atomic mass is 10.0. The van der Waals surface area contributed by atoms with E-state index in [1.54, 1.807) is 12.1 Å². The summed E-state index contributed by atoms with van der Waals surface area (Å²) in [5, 5.41) is 12.4. The Morgan fingerprint density at radius 2 is 1.95 bits per heavy atom. The molecule has 1 aromatic rings. The molecule has 0 saturated heterocycles. The summed E-state index contributed by atoms with van der Waals surface area (Å²) in [7, 11) is 0. The van der Waals surface area contributed by atoms with Gasteiger partial charge in [-0.15, -0.1) is 0 Å². The number of aryl methyl sites for hydroxylation is 1. The van der Waals surface area contributed by atoms with Gasteiger partial charge in [0.2, 0.25) is 5.91 Å². The highest BCUT2D eigenvalue weighted by atomic mass is 19.1. The maximum atomic E-state index is 12.7. The van der Waals surface area contributed by atoms with E-state index in [9.17, 15) is 14.3 Å². The molecule has 0 saturated carbocycles. The molecular formula is C15H22FNO2. The van der Waals surface area contributed by atoms with Gasteiger partial charge >= 0.3 is 0 Å². The smallest absolute Gasteiger partial charge is 0.220 e. The quantitative estimate of drug-likeness (QED) is 0.796. The van der Waals surface area contributed by atoms with E-state index in [2.05, 4.69) is 5.32 Å². The monoisotopic (exact) mass is 267 g/mol. The first-order chi connectivity index (χ1) is 8.99. The Hall–Kier alpha value is -1.42. The molecule has 0 aliphatic carbocycles. The van der Waals surface area contributed by atoms with Crippen molar-refractivity contribution in [3.8, 4) is 0 Å². The third-order valence-electron chi connectivity index (χ3n) is 3.09. The SMILES string of the molecule is CC(C)C(O)CCNC(=O)CCc1ccc(F)cc1. The fourth-order valence-electron chi connectivity index (χ4n) is 1.69. The zero-order chi connectivity index (χ0) is 14.3. The first-order valence-corrected chi connectivity index (χ1v) is 6.68. The van der Waals surface area contributed by atoms with Crippen LogP contribution < -0.4 is 5.32 Å². The fraction of sp³-hybridized carbons (Fsp3) is 0.533. The highest BCUT2D eigenvalue weighted by Gasteiger charge is 2.09. The molecule has 1 atom stereocenters. The fourth-order valence-corrected chi connectivity index (χ4v) is 1.69. The summed E-state index contributed by atoms with van der Waals surface area (Å²) in [5.74, 6) is -0.104. The second-order valence-corrected chi connectivity index (χ2v) is 5.08. The van der Waals surface area contributed by atoms with Crippen molar-refractivity contribution in [3.63, 3.8) is 0 Å². The van der Waals surface area contributed by atoms with Crippen molar-refractivity contribution in [2.45, 2.75) is 39.2 Å². The number of hydrogen-bond donors (Lipinski definition) is 2. The molecule has 0 bridgehead atoms. The van der Waals surface area contributed by atoms with Crippen LogP contribution in [0, 0.1) is 11.7 Å². The maximum absolute atomic E-state index is 12.7. The van der Waals surface area contributed by atoms with Crippen molar-refractivity contribution < 1.29 is 14.3 Å². The number of carbonyl (C=O) groups excluding carboxylic acids is 1. The topological polar surface area (TPSA) is 49.3 Å². The van der Waals surface area contributed by atoms with Crippen molar-refractivity contribution in [3.05, 3.63) is 35.6 Å². The van der Waals surface area contributed by atoms with Crippen LogP contribution in [0.15, 0.2) is 24.3 Å². The minimum atomic E-state index is -0.377. The van der Waals surface area contributed by atoms with E-state index in [4.69, 9.17) is 0 Å². The number of aliphatic hydroxyl groups is 1. The highest BCUT2D eigenvalue weighted by molar-refractivity contribution is 5.76. The van der Waals surface area contributed by atoms with Gasteiger partial charge < -0.3 is 10.4 Å². The summed E-state index contributed by atoms with van der Waals surface area (Å²) in [5.41, 5.74) is 0.943. The van der Waals surface area contributed by atoms with Crippen LogP contribution >= 0.6 is 0 Å². The molecule has 2 N–H and O–H groups in total. The van der Waals surface area contributed by atoms with Gasteiger partial charge in [-0.2, -0.15) is 0 Å². The van der Waals surface area contributed by atoms with Crippen LogP contribution in [0.2, 0.25) is 0 Å². The molecule has 0 fully saturated rings. The Morgan fingerprint density at radius 3 is 2.53 bits per heavy atom. The molecule has 0 radical (unpaired) electrons. The van der Waals surface area contributed by atoms with Gasteiger partial charge in [-0.05, 0) is 36.5 Å². The lowest BCUT2D eigenvalue weighted by Gasteiger charge is -2.14. The lowest BCUT2D eigenvalue weighted by molar-refractivity contribution is -0.121. The Morgan fingerprint density at radius 1 is 1.32 bits per heavy atom. The first kappa shape index (κ1) is 15.6. The second-order valence-electron chi connectivity index (χ2n) is 5.08. The zero-order valence-corrected chi connectivity index (χ0v) is 11.5. The predicted molar refractivity (Wildman–Crippen MR) is 73.2 cm³/mol. The standard InChI is InChI=1S/C15H22FNO2/c1-11(2)14(18)9-10-17-15(19)8-5-12-3-6-13(16)7-4-12/h3-4,6-7,11,14,18H,5,8-10H2,1-2H3,(H,17,19). The highest BCUT2D eigenvalue weighted by Crippen LogP contribution is 2.06. The molecule has 1 amide bonds. The van der Waals surface area contributed by atoms with Gasteiger partial charge in [-0.1, -0.05) is 26.0 Å². The average molecular weight is 267 g/mol. The summed E-state index contributed by atoms with van der Waals surface area (Å²) in [4.78, 5) is 11.6. The van der Waals surface area contributed by atoms with Crippen LogP contribution in [0.1, 0.15) is 32.3 Å². The van der Waals surface area contributed by atoms with Crippen molar-refractivity contribution in [2.24, 2.45) is 5.92 Å². The van der Waals surface area contributed by atoms with E-state index in [1.807, 2.05) is 13.8 Å². The van der Waals surface area contributed by atoms with E-state index in [0.29, 0.717) is 25.8 Å². The summed E-state index contributed by atoms with van der Waals surface area (Å²) < 4.78 is 12.7. The third kappa shape index (κ3) is 6.34. The number of nitrogens with one attached hydrogen (secondary N) is 1. The second kappa shape index (κ2) is 7.89. The molecule has 19 heavy (non-hydrogen) atoms. The molecule has 4 heteroatoms. The van der Waals surface area contributed by atoms with Crippen LogP contribution in [0.25, 0.3) is 0 Å². The van der Waals surface area contributed by atoms with Gasteiger partial charge in [-0.3, -0.25) is 4.79 Å². The Kier molecular flexibility index (Phi) is 6.50. The molecule has 1 aromatic carbocycles. The minimum absolute atomic E-state index is 0.0414. The van der Waals surface area contributed by atoms with E-state index >= 15 is 0 Å². The summed E-state index contributed by atoms with van der Waals surface area (Å²) in [6.07, 6.45) is 1.17. The number of rotatable bonds is 7. The van der Waals surface area contributed by atoms with Crippen LogP contribution in [0.4, 0.5) is 4.39 Å². The van der Waals surface area contributed by atoms with Crippen molar-refractivity contribution >= 4 is 5.91 Å². The molecular weight excluding hydrogens is 245 g/mol. The van der Waals surface area contributed by atoms with Gasteiger partial charge in [0.05, 0.1) is 6.10 Å². The van der Waals surface area contributed by atoms with E-state index in [-0.39, 0.29) is 23.7 Å². The van der Waals surface area contributed by atoms with Gasteiger partial charge in [0.1, 0.15) is 5.82 Å². The van der Waals surface area contributed by atoms with Gasteiger partial charge in [0, 0.05) is 13.0 Å². The van der Waals surface area contributed by atoms with Gasteiger partial charge in [0.25, 0.3) is 0 Å². The van der Waals surface area contributed by atoms with E-state index in [1.165, 1.54) is 12.1 Å². The number of benzene rings is 1. The largest absolute Gasteiger partial charge is 0.393 e.